The van der Waals surface area contributed by atoms with Crippen LogP contribution in [0, 0.1) is 5.92 Å². The number of benzene rings is 1. The third-order valence-corrected chi connectivity index (χ3v) is 6.05. The Morgan fingerprint density at radius 2 is 1.66 bits per heavy atom. The number of carbonyl (C=O) groups excluding carboxylic acids is 3. The Bertz CT molecular complexity index is 771. The maximum atomic E-state index is 11.7. The summed E-state index contributed by atoms with van der Waals surface area (Å²) in [6, 6.07) is 4.98. The van der Waals surface area contributed by atoms with Crippen molar-refractivity contribution in [1.29, 1.82) is 0 Å². The van der Waals surface area contributed by atoms with Gasteiger partial charge in [0.15, 0.2) is 0 Å². The van der Waals surface area contributed by atoms with Crippen molar-refractivity contribution in [3.63, 3.8) is 0 Å². The van der Waals surface area contributed by atoms with Crippen molar-refractivity contribution >= 4 is 52.9 Å². The van der Waals surface area contributed by atoms with Gasteiger partial charge in [0.1, 0.15) is 30.4 Å². The van der Waals surface area contributed by atoms with Crippen LogP contribution >= 0.6 is 35.0 Å². The lowest BCUT2D eigenvalue weighted by Gasteiger charge is -2.43. The standard InChI is InChI=1S/C19H22Cl2O7S/c1-9-17(26-11(3)23)15(8-25-10(2)22)28-19(18(9)27-12(4)24)29-16-7-13(20)5-6-14(16)21/h5-7,9,15,17-19H,8H2,1-4H3/t9?,15?,17?,18?,19-/m1/s1. The average molecular weight is 465 g/mol. The summed E-state index contributed by atoms with van der Waals surface area (Å²) in [6.07, 6.45) is -2.27. The Balaban J connectivity index is 2.34. The predicted molar refractivity (Wildman–Crippen MR) is 108 cm³/mol. The topological polar surface area (TPSA) is 88.1 Å². The van der Waals surface area contributed by atoms with E-state index >= 15 is 0 Å². The number of rotatable bonds is 6. The van der Waals surface area contributed by atoms with Gasteiger partial charge in [0, 0.05) is 36.6 Å². The number of halogens is 2. The molecule has 29 heavy (non-hydrogen) atoms. The Morgan fingerprint density at radius 3 is 2.24 bits per heavy atom. The first-order valence-corrected chi connectivity index (χ1v) is 10.5. The number of carbonyl (C=O) groups is 3. The first-order valence-electron chi connectivity index (χ1n) is 8.83. The van der Waals surface area contributed by atoms with Crippen molar-refractivity contribution in [2.75, 3.05) is 6.61 Å². The van der Waals surface area contributed by atoms with Gasteiger partial charge < -0.3 is 18.9 Å². The molecule has 7 nitrogen and oxygen atoms in total. The van der Waals surface area contributed by atoms with Gasteiger partial charge in [-0.15, -0.1) is 0 Å². The smallest absolute Gasteiger partial charge is 0.303 e. The highest BCUT2D eigenvalue weighted by Gasteiger charge is 2.48. The monoisotopic (exact) mass is 464 g/mol. The van der Waals surface area contributed by atoms with E-state index in [2.05, 4.69) is 0 Å². The summed E-state index contributed by atoms with van der Waals surface area (Å²) in [7, 11) is 0. The molecule has 0 saturated carbocycles. The molecule has 160 valence electrons. The molecule has 1 heterocycles. The van der Waals surface area contributed by atoms with Gasteiger partial charge in [0.05, 0.1) is 5.02 Å². The van der Waals surface area contributed by atoms with Crippen LogP contribution < -0.4 is 0 Å². The zero-order valence-corrected chi connectivity index (χ0v) is 18.7. The highest BCUT2D eigenvalue weighted by molar-refractivity contribution is 8.00. The highest BCUT2D eigenvalue weighted by atomic mass is 35.5. The number of thioether (sulfide) groups is 1. The van der Waals surface area contributed by atoms with Crippen LogP contribution in [0.15, 0.2) is 23.1 Å². The largest absolute Gasteiger partial charge is 0.463 e. The first kappa shape index (κ1) is 23.8. The quantitative estimate of drug-likeness (QED) is 0.462. The molecule has 0 spiro atoms. The van der Waals surface area contributed by atoms with Gasteiger partial charge in [-0.3, -0.25) is 14.4 Å². The fourth-order valence-corrected chi connectivity index (χ4v) is 4.70. The molecule has 1 fully saturated rings. The van der Waals surface area contributed by atoms with E-state index in [-0.39, 0.29) is 6.61 Å². The maximum absolute atomic E-state index is 11.7. The molecular weight excluding hydrogens is 443 g/mol. The van der Waals surface area contributed by atoms with Gasteiger partial charge in [-0.2, -0.15) is 0 Å². The molecule has 0 aromatic heterocycles. The average Bonchev–Trinajstić information content (AvgIpc) is 2.61. The van der Waals surface area contributed by atoms with E-state index in [1.54, 1.807) is 25.1 Å². The molecular formula is C19H22Cl2O7S. The second-order valence-corrected chi connectivity index (χ2v) is 8.53. The summed E-state index contributed by atoms with van der Waals surface area (Å²) < 4.78 is 22.0. The van der Waals surface area contributed by atoms with E-state index in [0.29, 0.717) is 14.9 Å². The van der Waals surface area contributed by atoms with Crippen molar-refractivity contribution in [2.24, 2.45) is 5.92 Å². The lowest BCUT2D eigenvalue weighted by atomic mass is 9.91. The number of hydrogen-bond acceptors (Lipinski definition) is 8. The van der Waals surface area contributed by atoms with Gasteiger partial charge in [-0.05, 0) is 18.2 Å². The molecule has 0 N–H and O–H groups in total. The Labute approximate surface area is 183 Å². The molecule has 1 aromatic carbocycles. The van der Waals surface area contributed by atoms with Gasteiger partial charge >= 0.3 is 17.9 Å². The van der Waals surface area contributed by atoms with Crippen LogP contribution in [0.4, 0.5) is 0 Å². The third-order valence-electron chi connectivity index (χ3n) is 4.17. The molecule has 0 amide bonds. The van der Waals surface area contributed by atoms with Gasteiger partial charge in [0.25, 0.3) is 0 Å². The Morgan fingerprint density at radius 1 is 1.03 bits per heavy atom. The molecule has 5 atom stereocenters. The van der Waals surface area contributed by atoms with Crippen molar-refractivity contribution in [1.82, 2.24) is 0 Å². The first-order chi connectivity index (χ1) is 13.6. The normalized spacial score (nSPS) is 26.5. The minimum atomic E-state index is -0.775. The van der Waals surface area contributed by atoms with Crippen molar-refractivity contribution in [2.45, 2.75) is 56.3 Å². The van der Waals surface area contributed by atoms with Gasteiger partial charge in [-0.1, -0.05) is 41.9 Å². The highest BCUT2D eigenvalue weighted by Crippen LogP contribution is 2.41. The molecule has 1 aromatic rings. The van der Waals surface area contributed by atoms with Crippen LogP contribution in [0.5, 0.6) is 0 Å². The molecule has 0 aliphatic carbocycles. The SMILES string of the molecule is CC(=O)OCC1O[C@H](Sc2cc(Cl)ccc2Cl)C(OC(C)=O)C(C)C1OC(C)=O. The summed E-state index contributed by atoms with van der Waals surface area (Å²) in [4.78, 5) is 35.2. The lowest BCUT2D eigenvalue weighted by Crippen LogP contribution is -2.56. The Kier molecular flexibility index (Phi) is 8.63. The van der Waals surface area contributed by atoms with Crippen molar-refractivity contribution in [3.8, 4) is 0 Å². The summed E-state index contributed by atoms with van der Waals surface area (Å²) in [6.45, 7) is 5.48. The zero-order chi connectivity index (χ0) is 21.7. The van der Waals surface area contributed by atoms with E-state index in [0.717, 1.165) is 0 Å². The molecule has 1 aliphatic rings. The van der Waals surface area contributed by atoms with Crippen molar-refractivity contribution < 1.29 is 33.3 Å². The number of esters is 3. The second kappa shape index (κ2) is 10.5. The molecule has 0 radical (unpaired) electrons. The second-order valence-electron chi connectivity index (χ2n) is 6.55. The molecule has 2 rings (SSSR count). The van der Waals surface area contributed by atoms with E-state index in [1.807, 2.05) is 0 Å². The molecule has 4 unspecified atom stereocenters. The van der Waals surface area contributed by atoms with Crippen LogP contribution in [-0.4, -0.2) is 48.3 Å². The van der Waals surface area contributed by atoms with E-state index in [1.165, 1.54) is 32.5 Å². The summed E-state index contributed by atoms with van der Waals surface area (Å²) in [5.41, 5.74) is -0.697. The molecule has 0 bridgehead atoms. The number of ether oxygens (including phenoxy) is 4. The summed E-state index contributed by atoms with van der Waals surface area (Å²) in [5, 5.41) is 0.940. The van der Waals surface area contributed by atoms with Gasteiger partial charge in [0.2, 0.25) is 0 Å². The summed E-state index contributed by atoms with van der Waals surface area (Å²) in [5.74, 6) is -1.96. The van der Waals surface area contributed by atoms with E-state index < -0.39 is 47.6 Å². The van der Waals surface area contributed by atoms with Crippen molar-refractivity contribution in [3.05, 3.63) is 28.2 Å². The third kappa shape index (κ3) is 6.77. The molecule has 1 saturated heterocycles. The van der Waals surface area contributed by atoms with Crippen LogP contribution in [0.3, 0.4) is 0 Å². The molecule has 1 aliphatic heterocycles. The fraction of sp³-hybridized carbons (Fsp3) is 0.526. The van der Waals surface area contributed by atoms with Crippen LogP contribution in [0.25, 0.3) is 0 Å². The van der Waals surface area contributed by atoms with Gasteiger partial charge in [-0.25, -0.2) is 0 Å². The van der Waals surface area contributed by atoms with Crippen LogP contribution in [0.2, 0.25) is 10.0 Å². The minimum absolute atomic E-state index is 0.120. The molecule has 10 heteroatoms. The Hall–Kier alpha value is -1.48. The van der Waals surface area contributed by atoms with Crippen LogP contribution in [-0.2, 0) is 33.3 Å². The maximum Gasteiger partial charge on any atom is 0.303 e. The van der Waals surface area contributed by atoms with E-state index in [9.17, 15) is 14.4 Å². The number of hydrogen-bond donors (Lipinski definition) is 0. The summed E-state index contributed by atoms with van der Waals surface area (Å²) >= 11 is 13.5. The minimum Gasteiger partial charge on any atom is -0.463 e. The van der Waals surface area contributed by atoms with E-state index in [4.69, 9.17) is 42.1 Å². The lowest BCUT2D eigenvalue weighted by molar-refractivity contribution is -0.212. The van der Waals surface area contributed by atoms with Crippen LogP contribution in [0.1, 0.15) is 27.7 Å². The predicted octanol–water partition coefficient (Wildman–Crippen LogP) is 3.87. The fourth-order valence-electron chi connectivity index (χ4n) is 2.95. The zero-order valence-electron chi connectivity index (χ0n) is 16.3.